The molecule has 0 aliphatic carbocycles. The number of amides is 2. The minimum Gasteiger partial charge on any atom is -0.330 e. The van der Waals surface area contributed by atoms with Crippen LogP contribution in [0.5, 0.6) is 0 Å². The Labute approximate surface area is 279 Å². The second-order valence-corrected chi connectivity index (χ2v) is 12.1. The average Bonchev–Trinajstić information content (AvgIpc) is 3.76. The van der Waals surface area contributed by atoms with Crippen LogP contribution in [0, 0.1) is 11.8 Å². The molecule has 4 N–H and O–H groups in total. The Morgan fingerprint density at radius 1 is 0.521 bits per heavy atom. The summed E-state index contributed by atoms with van der Waals surface area (Å²) in [6.45, 7) is 1.37. The number of rotatable bonds is 8. The van der Waals surface area contributed by atoms with Crippen LogP contribution in [0.25, 0.3) is 0 Å². The lowest BCUT2D eigenvalue weighted by atomic mass is 9.73. The van der Waals surface area contributed by atoms with Gasteiger partial charge in [-0.1, -0.05) is 121 Å². The Balaban J connectivity index is 1.03. The number of nitrogens with one attached hydrogen (secondary N) is 4. The quantitative estimate of drug-likeness (QED) is 0.167. The first-order chi connectivity index (χ1) is 23.4. The van der Waals surface area contributed by atoms with Gasteiger partial charge in [-0.25, -0.2) is 9.59 Å². The summed E-state index contributed by atoms with van der Waals surface area (Å²) in [5, 5.41) is 7.22. The van der Waals surface area contributed by atoms with Crippen molar-refractivity contribution in [1.82, 2.24) is 21.6 Å². The summed E-state index contributed by atoms with van der Waals surface area (Å²) in [5.74, 6) is -4.41. The molecule has 10 nitrogen and oxygen atoms in total. The third-order valence-electron chi connectivity index (χ3n) is 9.48. The molecule has 0 saturated carbocycles. The number of hydrogen-bond donors (Lipinski definition) is 4. The zero-order valence-corrected chi connectivity index (χ0v) is 26.4. The molecule has 2 aliphatic heterocycles. The minimum absolute atomic E-state index is 0.0237. The maximum absolute atomic E-state index is 13.0. The molecule has 2 saturated heterocycles. The Morgan fingerprint density at radius 3 is 1.10 bits per heavy atom. The third kappa shape index (κ3) is 6.58. The van der Waals surface area contributed by atoms with Crippen LogP contribution in [-0.4, -0.2) is 36.8 Å². The van der Waals surface area contributed by atoms with Gasteiger partial charge in [0.05, 0.1) is 11.1 Å². The lowest BCUT2D eigenvalue weighted by molar-refractivity contribution is -0.179. The summed E-state index contributed by atoms with van der Waals surface area (Å²) < 4.78 is 0. The first-order valence-electron chi connectivity index (χ1n) is 16.2. The van der Waals surface area contributed by atoms with E-state index in [0.29, 0.717) is 25.9 Å². The summed E-state index contributed by atoms with van der Waals surface area (Å²) in [4.78, 5) is 60.3. The fourth-order valence-corrected chi connectivity index (χ4v) is 7.43. The maximum atomic E-state index is 13.0. The SMILES string of the molecule is O=C(CC1CCNC1(c1ccccc1)c1ccccc1)NOC(=O)C(=O)ONC(=O)CC1CCNC1(c1ccccc1)c1ccccc1. The molecular formula is C38H38N4O6. The maximum Gasteiger partial charge on any atom is 0.443 e. The lowest BCUT2D eigenvalue weighted by Crippen LogP contribution is -2.45. The highest BCUT2D eigenvalue weighted by molar-refractivity contribution is 6.29. The van der Waals surface area contributed by atoms with Crippen molar-refractivity contribution in [1.29, 1.82) is 0 Å². The molecule has 0 radical (unpaired) electrons. The molecule has 48 heavy (non-hydrogen) atoms. The Bertz CT molecular complexity index is 1510. The standard InChI is InChI=1S/C38H38N4O6/c43-33(25-31-21-23-39-37(31,27-13-5-1-6-14-27)28-15-7-2-8-16-28)41-47-35(45)36(46)48-42-34(44)26-32-22-24-40-38(32,29-17-9-3-10-18-29)30-19-11-4-12-20-30/h1-20,31-32,39-40H,21-26H2,(H,41,43)(H,42,44). The molecule has 0 spiro atoms. The lowest BCUT2D eigenvalue weighted by Gasteiger charge is -2.37. The predicted molar refractivity (Wildman–Crippen MR) is 177 cm³/mol. The van der Waals surface area contributed by atoms with Crippen LogP contribution in [0.15, 0.2) is 121 Å². The minimum atomic E-state index is -1.46. The van der Waals surface area contributed by atoms with Crippen LogP contribution >= 0.6 is 0 Å². The zero-order chi connectivity index (χ0) is 33.4. The highest BCUT2D eigenvalue weighted by Crippen LogP contribution is 2.45. The molecule has 2 aliphatic rings. The molecule has 2 unspecified atom stereocenters. The first-order valence-corrected chi connectivity index (χ1v) is 16.2. The molecule has 0 aromatic heterocycles. The van der Waals surface area contributed by atoms with Gasteiger partial charge in [-0.05, 0) is 60.0 Å². The monoisotopic (exact) mass is 646 g/mol. The van der Waals surface area contributed by atoms with Crippen LogP contribution in [0.1, 0.15) is 47.9 Å². The van der Waals surface area contributed by atoms with Gasteiger partial charge in [-0.3, -0.25) is 9.59 Å². The van der Waals surface area contributed by atoms with Gasteiger partial charge in [0.15, 0.2) is 0 Å². The molecule has 2 atom stereocenters. The van der Waals surface area contributed by atoms with E-state index in [9.17, 15) is 19.2 Å². The first kappa shape index (κ1) is 32.6. The summed E-state index contributed by atoms with van der Waals surface area (Å²) in [6, 6.07) is 39.6. The van der Waals surface area contributed by atoms with E-state index in [0.717, 1.165) is 22.3 Å². The van der Waals surface area contributed by atoms with Gasteiger partial charge in [0, 0.05) is 12.8 Å². The molecule has 246 valence electrons. The van der Waals surface area contributed by atoms with Crippen LogP contribution in [-0.2, 0) is 39.9 Å². The molecule has 4 aromatic rings. The van der Waals surface area contributed by atoms with Crippen molar-refractivity contribution in [3.8, 4) is 0 Å². The van der Waals surface area contributed by atoms with Gasteiger partial charge < -0.3 is 20.3 Å². The summed E-state index contributed by atoms with van der Waals surface area (Å²) >= 11 is 0. The van der Waals surface area contributed by atoms with Crippen molar-refractivity contribution >= 4 is 23.8 Å². The zero-order valence-electron chi connectivity index (χ0n) is 26.4. The largest absolute Gasteiger partial charge is 0.443 e. The fraction of sp³-hybridized carbons (Fsp3) is 0.263. The van der Waals surface area contributed by atoms with E-state index < -0.39 is 34.8 Å². The van der Waals surface area contributed by atoms with E-state index in [-0.39, 0.29) is 24.7 Å². The van der Waals surface area contributed by atoms with Gasteiger partial charge in [-0.2, -0.15) is 11.0 Å². The predicted octanol–water partition coefficient (Wildman–Crippen LogP) is 4.02. The van der Waals surface area contributed by atoms with Crippen LogP contribution in [0.4, 0.5) is 0 Å². The van der Waals surface area contributed by atoms with Crippen LogP contribution in [0.3, 0.4) is 0 Å². The molecule has 2 heterocycles. The number of hydrogen-bond acceptors (Lipinski definition) is 8. The summed E-state index contributed by atoms with van der Waals surface area (Å²) in [7, 11) is 0. The van der Waals surface area contributed by atoms with Gasteiger partial charge in [0.1, 0.15) is 0 Å². The highest BCUT2D eigenvalue weighted by atomic mass is 16.7. The van der Waals surface area contributed by atoms with E-state index in [4.69, 9.17) is 9.68 Å². The smallest absolute Gasteiger partial charge is 0.330 e. The van der Waals surface area contributed by atoms with Crippen molar-refractivity contribution in [3.05, 3.63) is 144 Å². The van der Waals surface area contributed by atoms with E-state index in [1.807, 2.05) is 121 Å². The molecule has 2 fully saturated rings. The van der Waals surface area contributed by atoms with Crippen molar-refractivity contribution in [2.45, 2.75) is 36.8 Å². The van der Waals surface area contributed by atoms with E-state index in [1.165, 1.54) is 0 Å². The summed E-state index contributed by atoms with van der Waals surface area (Å²) in [5.41, 5.74) is 6.98. The molecule has 4 aromatic carbocycles. The van der Waals surface area contributed by atoms with Crippen LogP contribution in [0.2, 0.25) is 0 Å². The van der Waals surface area contributed by atoms with Gasteiger partial charge in [0.25, 0.3) is 11.8 Å². The second-order valence-electron chi connectivity index (χ2n) is 12.1. The van der Waals surface area contributed by atoms with Crippen molar-refractivity contribution in [2.75, 3.05) is 13.1 Å². The Kier molecular flexibility index (Phi) is 9.94. The topological polar surface area (TPSA) is 135 Å². The number of benzene rings is 4. The second kappa shape index (κ2) is 14.6. The van der Waals surface area contributed by atoms with Crippen molar-refractivity contribution in [3.63, 3.8) is 0 Å². The normalized spacial score (nSPS) is 19.2. The molecule has 0 bridgehead atoms. The number of carbonyl (C=O) groups is 4. The molecule has 10 heteroatoms. The van der Waals surface area contributed by atoms with E-state index in [2.05, 4.69) is 21.6 Å². The number of carbonyl (C=O) groups excluding carboxylic acids is 4. The summed E-state index contributed by atoms with van der Waals surface area (Å²) in [6.07, 6.45) is 1.45. The van der Waals surface area contributed by atoms with Gasteiger partial charge in [-0.15, -0.1) is 0 Å². The Hall–Kier alpha value is -5.32. The number of hydroxylamine groups is 2. The molecule has 6 rings (SSSR count). The average molecular weight is 647 g/mol. The molecular weight excluding hydrogens is 608 g/mol. The van der Waals surface area contributed by atoms with Gasteiger partial charge >= 0.3 is 11.9 Å². The van der Waals surface area contributed by atoms with Crippen molar-refractivity contribution < 1.29 is 28.9 Å². The Morgan fingerprint density at radius 2 is 0.812 bits per heavy atom. The van der Waals surface area contributed by atoms with E-state index in [1.54, 1.807) is 0 Å². The van der Waals surface area contributed by atoms with Gasteiger partial charge in [0.2, 0.25) is 0 Å². The highest BCUT2D eigenvalue weighted by Gasteiger charge is 2.47. The molecule has 2 amide bonds. The fourth-order valence-electron chi connectivity index (χ4n) is 7.43. The van der Waals surface area contributed by atoms with Crippen molar-refractivity contribution in [2.24, 2.45) is 11.8 Å². The third-order valence-corrected chi connectivity index (χ3v) is 9.48. The van der Waals surface area contributed by atoms with E-state index >= 15 is 0 Å². The van der Waals surface area contributed by atoms with Crippen LogP contribution < -0.4 is 21.6 Å².